The van der Waals surface area contributed by atoms with Crippen molar-refractivity contribution in [3.8, 4) is 17.0 Å². The Balaban J connectivity index is 2.17. The number of benzene rings is 1. The molecular weight excluding hydrogens is 280 g/mol. The van der Waals surface area contributed by atoms with E-state index in [2.05, 4.69) is 32.8 Å². The predicted octanol–water partition coefficient (Wildman–Crippen LogP) is 3.69. The third-order valence-electron chi connectivity index (χ3n) is 2.26. The standard InChI is InChI=1S/C13H13BrN2O/c1-2-7-17-11-5-3-10(4-6-11)12-8-13(14)16-9-15-12/h3-6,8-9H,2,7H2,1H3. The maximum Gasteiger partial charge on any atom is 0.119 e. The molecule has 3 nitrogen and oxygen atoms in total. The first-order chi connectivity index (χ1) is 8.29. The predicted molar refractivity (Wildman–Crippen MR) is 71.0 cm³/mol. The van der Waals surface area contributed by atoms with Crippen LogP contribution in [-0.4, -0.2) is 16.6 Å². The van der Waals surface area contributed by atoms with Crippen LogP contribution in [0.4, 0.5) is 0 Å². The Bertz CT molecular complexity index is 485. The smallest absolute Gasteiger partial charge is 0.119 e. The Morgan fingerprint density at radius 1 is 1.18 bits per heavy atom. The van der Waals surface area contributed by atoms with Gasteiger partial charge in [-0.3, -0.25) is 0 Å². The van der Waals surface area contributed by atoms with Gasteiger partial charge in [-0.05, 0) is 52.7 Å². The van der Waals surface area contributed by atoms with Gasteiger partial charge in [0.15, 0.2) is 0 Å². The Kier molecular flexibility index (Phi) is 4.09. The van der Waals surface area contributed by atoms with Crippen LogP contribution in [0.15, 0.2) is 41.3 Å². The van der Waals surface area contributed by atoms with E-state index in [9.17, 15) is 0 Å². The van der Waals surface area contributed by atoms with Crippen LogP contribution in [0.5, 0.6) is 5.75 Å². The zero-order chi connectivity index (χ0) is 12.1. The van der Waals surface area contributed by atoms with Crippen LogP contribution >= 0.6 is 15.9 Å². The molecule has 2 aromatic rings. The lowest BCUT2D eigenvalue weighted by Crippen LogP contribution is -1.94. The Morgan fingerprint density at radius 3 is 2.59 bits per heavy atom. The van der Waals surface area contributed by atoms with Crippen LogP contribution in [0.1, 0.15) is 13.3 Å². The molecule has 0 saturated heterocycles. The summed E-state index contributed by atoms with van der Waals surface area (Å²) in [6.07, 6.45) is 2.56. The first kappa shape index (κ1) is 12.0. The second-order valence-electron chi connectivity index (χ2n) is 3.60. The second kappa shape index (κ2) is 5.77. The number of rotatable bonds is 4. The van der Waals surface area contributed by atoms with Crippen molar-refractivity contribution >= 4 is 15.9 Å². The van der Waals surface area contributed by atoms with Crippen LogP contribution in [0.25, 0.3) is 11.3 Å². The van der Waals surface area contributed by atoms with Crippen molar-refractivity contribution in [2.75, 3.05) is 6.61 Å². The fourth-order valence-electron chi connectivity index (χ4n) is 1.43. The molecule has 0 unspecified atom stereocenters. The number of hydrogen-bond donors (Lipinski definition) is 0. The average Bonchev–Trinajstić information content (AvgIpc) is 2.37. The molecule has 1 heterocycles. The van der Waals surface area contributed by atoms with Gasteiger partial charge in [-0.2, -0.15) is 0 Å². The maximum absolute atomic E-state index is 5.53. The van der Waals surface area contributed by atoms with Gasteiger partial charge >= 0.3 is 0 Å². The molecule has 88 valence electrons. The molecule has 0 radical (unpaired) electrons. The fraction of sp³-hybridized carbons (Fsp3) is 0.231. The molecule has 1 aromatic heterocycles. The van der Waals surface area contributed by atoms with Gasteiger partial charge in [0.25, 0.3) is 0 Å². The first-order valence-electron chi connectivity index (χ1n) is 5.50. The van der Waals surface area contributed by atoms with E-state index >= 15 is 0 Å². The van der Waals surface area contributed by atoms with Crippen molar-refractivity contribution in [1.82, 2.24) is 9.97 Å². The van der Waals surface area contributed by atoms with Crippen molar-refractivity contribution in [2.45, 2.75) is 13.3 Å². The maximum atomic E-state index is 5.53. The van der Waals surface area contributed by atoms with E-state index < -0.39 is 0 Å². The lowest BCUT2D eigenvalue weighted by molar-refractivity contribution is 0.317. The second-order valence-corrected chi connectivity index (χ2v) is 4.41. The molecule has 0 amide bonds. The van der Waals surface area contributed by atoms with Crippen molar-refractivity contribution in [2.24, 2.45) is 0 Å². The Hall–Kier alpha value is -1.42. The molecule has 0 bridgehead atoms. The highest BCUT2D eigenvalue weighted by Gasteiger charge is 2.01. The van der Waals surface area contributed by atoms with E-state index in [-0.39, 0.29) is 0 Å². The minimum atomic E-state index is 0.748. The number of hydrogen-bond acceptors (Lipinski definition) is 3. The van der Waals surface area contributed by atoms with Crippen molar-refractivity contribution in [3.63, 3.8) is 0 Å². The van der Waals surface area contributed by atoms with Crippen LogP contribution in [0.3, 0.4) is 0 Å². The summed E-state index contributed by atoms with van der Waals surface area (Å²) in [5.41, 5.74) is 1.95. The third kappa shape index (κ3) is 3.27. The summed E-state index contributed by atoms with van der Waals surface area (Å²) in [6.45, 7) is 2.84. The van der Waals surface area contributed by atoms with Gasteiger partial charge < -0.3 is 4.74 Å². The minimum absolute atomic E-state index is 0.748. The molecule has 0 aliphatic rings. The summed E-state index contributed by atoms with van der Waals surface area (Å²) in [7, 11) is 0. The highest BCUT2D eigenvalue weighted by atomic mass is 79.9. The highest BCUT2D eigenvalue weighted by molar-refractivity contribution is 9.10. The SMILES string of the molecule is CCCOc1ccc(-c2cc(Br)ncn2)cc1. The van der Waals surface area contributed by atoms with E-state index in [0.29, 0.717) is 0 Å². The van der Waals surface area contributed by atoms with E-state index in [1.165, 1.54) is 0 Å². The third-order valence-corrected chi connectivity index (χ3v) is 2.69. The molecule has 0 aliphatic heterocycles. The molecule has 17 heavy (non-hydrogen) atoms. The zero-order valence-corrected chi connectivity index (χ0v) is 11.1. The van der Waals surface area contributed by atoms with Gasteiger partial charge in [-0.1, -0.05) is 6.92 Å². The minimum Gasteiger partial charge on any atom is -0.494 e. The van der Waals surface area contributed by atoms with Crippen LogP contribution in [0.2, 0.25) is 0 Å². The van der Waals surface area contributed by atoms with Gasteiger partial charge in [0.05, 0.1) is 12.3 Å². The summed E-state index contributed by atoms with van der Waals surface area (Å²) in [4.78, 5) is 8.22. The lowest BCUT2D eigenvalue weighted by Gasteiger charge is -2.05. The molecule has 0 N–H and O–H groups in total. The van der Waals surface area contributed by atoms with Crippen molar-refractivity contribution in [3.05, 3.63) is 41.3 Å². The van der Waals surface area contributed by atoms with E-state index in [1.54, 1.807) is 6.33 Å². The molecule has 0 fully saturated rings. The number of aromatic nitrogens is 2. The molecule has 2 rings (SSSR count). The van der Waals surface area contributed by atoms with Gasteiger partial charge in [-0.25, -0.2) is 9.97 Å². The molecule has 0 saturated carbocycles. The largest absolute Gasteiger partial charge is 0.494 e. The molecule has 4 heteroatoms. The molecule has 1 aromatic carbocycles. The molecule has 0 aliphatic carbocycles. The normalized spacial score (nSPS) is 10.2. The van der Waals surface area contributed by atoms with Gasteiger partial charge in [0.2, 0.25) is 0 Å². The summed E-state index contributed by atoms with van der Waals surface area (Å²) in [5.74, 6) is 0.892. The average molecular weight is 293 g/mol. The van der Waals surface area contributed by atoms with Gasteiger partial charge in [0, 0.05) is 5.56 Å². The van der Waals surface area contributed by atoms with Crippen LogP contribution < -0.4 is 4.74 Å². The molecule has 0 spiro atoms. The first-order valence-corrected chi connectivity index (χ1v) is 6.29. The fourth-order valence-corrected chi connectivity index (χ4v) is 1.74. The monoisotopic (exact) mass is 292 g/mol. The Morgan fingerprint density at radius 2 is 1.94 bits per heavy atom. The van der Waals surface area contributed by atoms with Crippen LogP contribution in [-0.2, 0) is 0 Å². The van der Waals surface area contributed by atoms with E-state index in [0.717, 1.165) is 34.6 Å². The van der Waals surface area contributed by atoms with Gasteiger partial charge in [0.1, 0.15) is 16.7 Å². The number of ether oxygens (including phenoxy) is 1. The van der Waals surface area contributed by atoms with Crippen molar-refractivity contribution < 1.29 is 4.74 Å². The van der Waals surface area contributed by atoms with E-state index in [4.69, 9.17) is 4.74 Å². The summed E-state index contributed by atoms with van der Waals surface area (Å²) >= 11 is 3.33. The van der Waals surface area contributed by atoms with Crippen LogP contribution in [0, 0.1) is 0 Å². The molecule has 0 atom stereocenters. The summed E-state index contributed by atoms with van der Waals surface area (Å²) in [5, 5.41) is 0. The van der Waals surface area contributed by atoms with Gasteiger partial charge in [-0.15, -0.1) is 0 Å². The number of halogens is 1. The summed E-state index contributed by atoms with van der Waals surface area (Å²) in [6, 6.07) is 9.81. The zero-order valence-electron chi connectivity index (χ0n) is 9.56. The van der Waals surface area contributed by atoms with Crippen molar-refractivity contribution in [1.29, 1.82) is 0 Å². The number of nitrogens with zero attached hydrogens (tertiary/aromatic N) is 2. The summed E-state index contributed by atoms with van der Waals surface area (Å²) < 4.78 is 6.31. The lowest BCUT2D eigenvalue weighted by atomic mass is 10.1. The molecular formula is C13H13BrN2O. The topological polar surface area (TPSA) is 35.0 Å². The highest BCUT2D eigenvalue weighted by Crippen LogP contribution is 2.22. The quantitative estimate of drug-likeness (QED) is 0.806. The Labute approximate surface area is 109 Å². The van der Waals surface area contributed by atoms with E-state index in [1.807, 2.05) is 30.3 Å².